The van der Waals surface area contributed by atoms with Gasteiger partial charge in [0.05, 0.1) is 31.1 Å². The van der Waals surface area contributed by atoms with Gasteiger partial charge in [0.1, 0.15) is 0 Å². The molecule has 0 fully saturated rings. The number of nitro groups is 1. The molecule has 1 aromatic carbocycles. The molecule has 1 aromatic rings. The van der Waals surface area contributed by atoms with Gasteiger partial charge in [0.2, 0.25) is 0 Å². The second-order valence-electron chi connectivity index (χ2n) is 5.69. The van der Waals surface area contributed by atoms with Crippen LogP contribution in [0.5, 0.6) is 11.5 Å². The van der Waals surface area contributed by atoms with Crippen molar-refractivity contribution in [2.75, 3.05) is 34.4 Å². The zero-order chi connectivity index (χ0) is 19.9. The first-order chi connectivity index (χ1) is 12.2. The molecule has 0 radical (unpaired) electrons. The van der Waals surface area contributed by atoms with Crippen LogP contribution in [-0.2, 0) is 11.2 Å². The number of amides is 2. The van der Waals surface area contributed by atoms with Crippen molar-refractivity contribution in [3.63, 3.8) is 0 Å². The summed E-state index contributed by atoms with van der Waals surface area (Å²) in [6.07, 6.45) is 0.199. The van der Waals surface area contributed by atoms with E-state index in [1.165, 1.54) is 45.2 Å². The lowest BCUT2D eigenvalue weighted by molar-refractivity contribution is -0.385. The van der Waals surface area contributed by atoms with Gasteiger partial charge in [0.25, 0.3) is 5.69 Å². The minimum atomic E-state index is -0.995. The van der Waals surface area contributed by atoms with Crippen LogP contribution < -0.4 is 14.8 Å². The Bertz CT molecular complexity index is 678. The van der Waals surface area contributed by atoms with Gasteiger partial charge in [-0.25, -0.2) is 4.79 Å². The van der Waals surface area contributed by atoms with Crippen LogP contribution in [0.3, 0.4) is 0 Å². The van der Waals surface area contributed by atoms with Crippen molar-refractivity contribution in [3.8, 4) is 11.5 Å². The van der Waals surface area contributed by atoms with Crippen molar-refractivity contribution in [2.24, 2.45) is 5.92 Å². The van der Waals surface area contributed by atoms with Crippen LogP contribution >= 0.6 is 0 Å². The van der Waals surface area contributed by atoms with E-state index in [0.717, 1.165) is 0 Å². The number of rotatable bonds is 9. The number of aliphatic carboxylic acids is 1. The highest BCUT2D eigenvalue weighted by molar-refractivity contribution is 5.75. The number of carbonyl (C=O) groups is 2. The zero-order valence-corrected chi connectivity index (χ0v) is 15.1. The summed E-state index contributed by atoms with van der Waals surface area (Å²) in [5.74, 6) is -1.09. The quantitative estimate of drug-likeness (QED) is 0.498. The molecule has 0 saturated carbocycles. The molecule has 0 saturated heterocycles. The summed E-state index contributed by atoms with van der Waals surface area (Å²) in [6.45, 7) is 1.69. The molecule has 0 bridgehead atoms. The number of nitro benzene ring substituents is 1. The van der Waals surface area contributed by atoms with E-state index in [4.69, 9.17) is 14.6 Å². The number of ether oxygens (including phenoxy) is 2. The minimum Gasteiger partial charge on any atom is -0.493 e. The van der Waals surface area contributed by atoms with E-state index in [1.807, 2.05) is 0 Å². The van der Waals surface area contributed by atoms with Crippen molar-refractivity contribution in [3.05, 3.63) is 27.8 Å². The van der Waals surface area contributed by atoms with Crippen molar-refractivity contribution >= 4 is 17.7 Å². The van der Waals surface area contributed by atoms with E-state index in [-0.39, 0.29) is 30.9 Å². The first-order valence-corrected chi connectivity index (χ1v) is 7.82. The van der Waals surface area contributed by atoms with Gasteiger partial charge in [-0.3, -0.25) is 14.9 Å². The van der Waals surface area contributed by atoms with Crippen LogP contribution in [0.1, 0.15) is 12.5 Å². The van der Waals surface area contributed by atoms with Crippen molar-refractivity contribution in [1.29, 1.82) is 0 Å². The second-order valence-corrected chi connectivity index (χ2v) is 5.69. The average molecular weight is 369 g/mol. The normalized spacial score (nSPS) is 11.4. The number of nitrogens with one attached hydrogen (secondary N) is 1. The van der Waals surface area contributed by atoms with E-state index < -0.39 is 22.8 Å². The van der Waals surface area contributed by atoms with E-state index in [0.29, 0.717) is 11.3 Å². The summed E-state index contributed by atoms with van der Waals surface area (Å²) >= 11 is 0. The van der Waals surface area contributed by atoms with Crippen LogP contribution in [-0.4, -0.2) is 61.3 Å². The summed E-state index contributed by atoms with van der Waals surface area (Å²) in [4.78, 5) is 34.8. The smallest absolute Gasteiger partial charge is 0.317 e. The third-order valence-electron chi connectivity index (χ3n) is 3.77. The molecule has 1 rings (SSSR count). The lowest BCUT2D eigenvalue weighted by Gasteiger charge is -2.20. The molecule has 2 N–H and O–H groups in total. The highest BCUT2D eigenvalue weighted by atomic mass is 16.6. The Morgan fingerprint density at radius 3 is 2.38 bits per heavy atom. The van der Waals surface area contributed by atoms with E-state index in [9.17, 15) is 19.7 Å². The molecule has 2 amide bonds. The Labute approximate surface area is 150 Å². The number of urea groups is 1. The fourth-order valence-electron chi connectivity index (χ4n) is 2.29. The first kappa shape index (κ1) is 21.0. The first-order valence-electron chi connectivity index (χ1n) is 7.82. The molecule has 26 heavy (non-hydrogen) atoms. The van der Waals surface area contributed by atoms with Crippen LogP contribution in [0.25, 0.3) is 0 Å². The molecular formula is C16H23N3O7. The highest BCUT2D eigenvalue weighted by Gasteiger charge is 2.20. The minimum absolute atomic E-state index is 0.0532. The van der Waals surface area contributed by atoms with Crippen molar-refractivity contribution in [2.45, 2.75) is 13.3 Å². The van der Waals surface area contributed by atoms with Gasteiger partial charge in [-0.05, 0) is 12.5 Å². The number of nitrogens with zero attached hydrogens (tertiary/aromatic N) is 2. The van der Waals surface area contributed by atoms with Gasteiger partial charge in [-0.15, -0.1) is 0 Å². The number of carboxylic acids is 1. The molecule has 0 spiro atoms. The molecule has 0 aromatic heterocycles. The highest BCUT2D eigenvalue weighted by Crippen LogP contribution is 2.34. The lowest BCUT2D eigenvalue weighted by atomic mass is 10.1. The topological polar surface area (TPSA) is 131 Å². The zero-order valence-electron chi connectivity index (χ0n) is 15.1. The number of hydrogen-bond donors (Lipinski definition) is 2. The van der Waals surface area contributed by atoms with Gasteiger partial charge in [-0.2, -0.15) is 0 Å². The summed E-state index contributed by atoms with van der Waals surface area (Å²) in [6, 6.07) is 2.32. The monoisotopic (exact) mass is 369 g/mol. The standard InChI is InChI=1S/C16H23N3O7/c1-10(15(20)21)9-18(2)16(22)17-6-5-11-7-13(25-3)14(26-4)8-12(11)19(23)24/h7-8,10H,5-6,9H2,1-4H3,(H,17,22)(H,20,21). The number of benzene rings is 1. The number of hydrogen-bond acceptors (Lipinski definition) is 6. The molecule has 10 heteroatoms. The molecule has 0 aliphatic rings. The molecule has 10 nitrogen and oxygen atoms in total. The Kier molecular flexibility index (Phi) is 7.63. The summed E-state index contributed by atoms with van der Waals surface area (Å²) in [7, 11) is 4.29. The third-order valence-corrected chi connectivity index (χ3v) is 3.77. The number of carboxylic acid groups (broad SMARTS) is 1. The molecule has 0 aliphatic heterocycles. The van der Waals surface area contributed by atoms with Gasteiger partial charge < -0.3 is 24.8 Å². The van der Waals surface area contributed by atoms with Gasteiger partial charge in [-0.1, -0.05) is 6.92 Å². The van der Waals surface area contributed by atoms with Crippen molar-refractivity contribution in [1.82, 2.24) is 10.2 Å². The maximum absolute atomic E-state index is 12.0. The fourth-order valence-corrected chi connectivity index (χ4v) is 2.29. The molecule has 144 valence electrons. The molecule has 1 unspecified atom stereocenters. The van der Waals surface area contributed by atoms with Crippen LogP contribution in [0.4, 0.5) is 10.5 Å². The average Bonchev–Trinajstić information content (AvgIpc) is 2.60. The maximum atomic E-state index is 12.0. The van der Waals surface area contributed by atoms with Crippen LogP contribution in [0.2, 0.25) is 0 Å². The maximum Gasteiger partial charge on any atom is 0.317 e. The van der Waals surface area contributed by atoms with Gasteiger partial charge in [0, 0.05) is 25.7 Å². The predicted octanol–water partition coefficient (Wildman–Crippen LogP) is 1.52. The lowest BCUT2D eigenvalue weighted by Crippen LogP contribution is -2.41. The van der Waals surface area contributed by atoms with E-state index in [2.05, 4.69) is 5.32 Å². The van der Waals surface area contributed by atoms with Gasteiger partial charge >= 0.3 is 12.0 Å². The summed E-state index contributed by atoms with van der Waals surface area (Å²) in [5, 5.41) is 22.7. The van der Waals surface area contributed by atoms with Gasteiger partial charge in [0.15, 0.2) is 11.5 Å². The third kappa shape index (κ3) is 5.50. The Hall–Kier alpha value is -3.04. The van der Waals surface area contributed by atoms with E-state index in [1.54, 1.807) is 0 Å². The fraction of sp³-hybridized carbons (Fsp3) is 0.500. The Morgan fingerprint density at radius 2 is 1.88 bits per heavy atom. The molecular weight excluding hydrogens is 346 g/mol. The SMILES string of the molecule is COc1cc(CCNC(=O)N(C)CC(C)C(=O)O)c([N+](=O)[O-])cc1OC. The molecule has 1 atom stereocenters. The Balaban J connectivity index is 2.76. The van der Waals surface area contributed by atoms with Crippen molar-refractivity contribution < 1.29 is 29.1 Å². The molecule has 0 heterocycles. The van der Waals surface area contributed by atoms with E-state index >= 15 is 0 Å². The molecule has 0 aliphatic carbocycles. The largest absolute Gasteiger partial charge is 0.493 e. The number of methoxy groups -OCH3 is 2. The van der Waals surface area contributed by atoms with Crippen LogP contribution in [0, 0.1) is 16.0 Å². The predicted molar refractivity (Wildman–Crippen MR) is 92.7 cm³/mol. The van der Waals surface area contributed by atoms with Crippen LogP contribution in [0.15, 0.2) is 12.1 Å². The number of carbonyl (C=O) groups excluding carboxylic acids is 1. The summed E-state index contributed by atoms with van der Waals surface area (Å²) < 4.78 is 10.2. The summed E-state index contributed by atoms with van der Waals surface area (Å²) in [5.41, 5.74) is 0.249. The Morgan fingerprint density at radius 1 is 1.31 bits per heavy atom. The second kappa shape index (κ2) is 9.44.